The van der Waals surface area contributed by atoms with Crippen LogP contribution in [-0.4, -0.2) is 11.7 Å². The van der Waals surface area contributed by atoms with Crippen LogP contribution in [0, 0.1) is 25.2 Å². The number of aryl methyl sites for hydroxylation is 2. The van der Waals surface area contributed by atoms with E-state index in [-0.39, 0.29) is 6.61 Å². The van der Waals surface area contributed by atoms with Crippen molar-refractivity contribution in [2.24, 2.45) is 0 Å². The Kier molecular flexibility index (Phi) is 4.39. The van der Waals surface area contributed by atoms with Crippen LogP contribution in [0.3, 0.4) is 0 Å². The monoisotopic (exact) mass is 267 g/mol. The summed E-state index contributed by atoms with van der Waals surface area (Å²) in [4.78, 5) is 0. The quantitative estimate of drug-likeness (QED) is 0.924. The van der Waals surface area contributed by atoms with Crippen LogP contribution in [0.1, 0.15) is 28.4 Å². The van der Waals surface area contributed by atoms with Crippen LogP contribution in [0.4, 0.5) is 0 Å². The highest BCUT2D eigenvalue weighted by atomic mass is 16.5. The maximum absolute atomic E-state index is 10.1. The fourth-order valence-electron chi connectivity index (χ4n) is 2.01. The van der Waals surface area contributed by atoms with E-state index in [2.05, 4.69) is 6.07 Å². The van der Waals surface area contributed by atoms with E-state index in [0.29, 0.717) is 5.56 Å². The molecule has 0 aliphatic carbocycles. The van der Waals surface area contributed by atoms with Crippen molar-refractivity contribution in [1.82, 2.24) is 0 Å². The summed E-state index contributed by atoms with van der Waals surface area (Å²) in [6.45, 7) is 4.20. The Balaban J connectivity index is 2.00. The Labute approximate surface area is 119 Å². The zero-order valence-electron chi connectivity index (χ0n) is 11.6. The van der Waals surface area contributed by atoms with Crippen LogP contribution in [0.15, 0.2) is 42.5 Å². The van der Waals surface area contributed by atoms with Crippen LogP contribution >= 0.6 is 0 Å². The Morgan fingerprint density at radius 2 is 1.85 bits per heavy atom. The van der Waals surface area contributed by atoms with Gasteiger partial charge in [-0.2, -0.15) is 5.26 Å². The molecule has 0 saturated heterocycles. The molecule has 0 bridgehead atoms. The zero-order chi connectivity index (χ0) is 14.5. The van der Waals surface area contributed by atoms with E-state index in [1.807, 2.05) is 32.0 Å². The molecular formula is C17H17NO2. The predicted octanol–water partition coefficient (Wildman–Crippen LogP) is 3.29. The second-order valence-electron chi connectivity index (χ2n) is 4.83. The Morgan fingerprint density at radius 1 is 1.15 bits per heavy atom. The average molecular weight is 267 g/mol. The van der Waals surface area contributed by atoms with Gasteiger partial charge in [0.15, 0.2) is 0 Å². The summed E-state index contributed by atoms with van der Waals surface area (Å²) in [5.74, 6) is 0.781. The SMILES string of the molecule is Cc1ccc(OCC(O)c2ccc(C#N)cc2)c(C)c1. The number of benzene rings is 2. The summed E-state index contributed by atoms with van der Waals surface area (Å²) in [6.07, 6.45) is -0.705. The molecule has 0 aromatic heterocycles. The molecule has 0 amide bonds. The summed E-state index contributed by atoms with van der Waals surface area (Å²) in [5, 5.41) is 18.8. The van der Waals surface area contributed by atoms with Crippen molar-refractivity contribution < 1.29 is 9.84 Å². The highest BCUT2D eigenvalue weighted by Crippen LogP contribution is 2.21. The maximum atomic E-state index is 10.1. The second-order valence-corrected chi connectivity index (χ2v) is 4.83. The number of ether oxygens (including phenoxy) is 1. The van der Waals surface area contributed by atoms with E-state index >= 15 is 0 Å². The first kappa shape index (κ1) is 14.1. The minimum atomic E-state index is -0.705. The molecule has 1 unspecified atom stereocenters. The molecule has 2 rings (SSSR count). The highest BCUT2D eigenvalue weighted by Gasteiger charge is 2.09. The summed E-state index contributed by atoms with van der Waals surface area (Å²) in [6, 6.07) is 14.9. The number of rotatable bonds is 4. The van der Waals surface area contributed by atoms with E-state index in [1.54, 1.807) is 24.3 Å². The van der Waals surface area contributed by atoms with Crippen molar-refractivity contribution in [3.63, 3.8) is 0 Å². The first-order valence-corrected chi connectivity index (χ1v) is 6.48. The number of nitrogens with zero attached hydrogens (tertiary/aromatic N) is 1. The average Bonchev–Trinajstić information content (AvgIpc) is 2.46. The topological polar surface area (TPSA) is 53.2 Å². The maximum Gasteiger partial charge on any atom is 0.122 e. The third-order valence-corrected chi connectivity index (χ3v) is 3.15. The lowest BCUT2D eigenvalue weighted by Crippen LogP contribution is -2.10. The largest absolute Gasteiger partial charge is 0.490 e. The smallest absolute Gasteiger partial charge is 0.122 e. The molecule has 0 aliphatic rings. The lowest BCUT2D eigenvalue weighted by atomic mass is 10.1. The van der Waals surface area contributed by atoms with E-state index in [0.717, 1.165) is 16.9 Å². The van der Waals surface area contributed by atoms with Gasteiger partial charge in [0, 0.05) is 0 Å². The summed E-state index contributed by atoms with van der Waals surface area (Å²) < 4.78 is 5.65. The van der Waals surface area contributed by atoms with E-state index in [4.69, 9.17) is 10.00 Å². The number of hydrogen-bond acceptors (Lipinski definition) is 3. The van der Waals surface area contributed by atoms with Gasteiger partial charge in [-0.3, -0.25) is 0 Å². The number of nitriles is 1. The Hall–Kier alpha value is -2.31. The highest BCUT2D eigenvalue weighted by molar-refractivity contribution is 5.36. The number of aliphatic hydroxyl groups excluding tert-OH is 1. The molecule has 0 fully saturated rings. The molecule has 0 aliphatic heterocycles. The van der Waals surface area contributed by atoms with Gasteiger partial charge in [0.05, 0.1) is 11.6 Å². The first-order valence-electron chi connectivity index (χ1n) is 6.48. The summed E-state index contributed by atoms with van der Waals surface area (Å²) >= 11 is 0. The van der Waals surface area contributed by atoms with E-state index < -0.39 is 6.10 Å². The van der Waals surface area contributed by atoms with E-state index in [1.165, 1.54) is 5.56 Å². The lowest BCUT2D eigenvalue weighted by Gasteiger charge is -2.14. The molecule has 102 valence electrons. The minimum Gasteiger partial charge on any atom is -0.490 e. The molecule has 20 heavy (non-hydrogen) atoms. The normalized spacial score (nSPS) is 11.7. The Bertz CT molecular complexity index is 626. The first-order chi connectivity index (χ1) is 9.60. The zero-order valence-corrected chi connectivity index (χ0v) is 11.6. The van der Waals surface area contributed by atoms with Gasteiger partial charge in [-0.05, 0) is 43.2 Å². The fraction of sp³-hybridized carbons (Fsp3) is 0.235. The van der Waals surface area contributed by atoms with Crippen molar-refractivity contribution in [1.29, 1.82) is 5.26 Å². The van der Waals surface area contributed by atoms with Crippen molar-refractivity contribution in [3.8, 4) is 11.8 Å². The van der Waals surface area contributed by atoms with Gasteiger partial charge in [-0.1, -0.05) is 29.8 Å². The van der Waals surface area contributed by atoms with Crippen LogP contribution < -0.4 is 4.74 Å². The van der Waals surface area contributed by atoms with Gasteiger partial charge in [-0.25, -0.2) is 0 Å². The van der Waals surface area contributed by atoms with Crippen LogP contribution in [0.25, 0.3) is 0 Å². The van der Waals surface area contributed by atoms with Crippen LogP contribution in [-0.2, 0) is 0 Å². The van der Waals surface area contributed by atoms with Gasteiger partial charge >= 0.3 is 0 Å². The third kappa shape index (κ3) is 3.37. The molecule has 0 heterocycles. The minimum absolute atomic E-state index is 0.190. The number of aliphatic hydroxyl groups is 1. The van der Waals surface area contributed by atoms with Gasteiger partial charge in [-0.15, -0.1) is 0 Å². The van der Waals surface area contributed by atoms with E-state index in [9.17, 15) is 5.11 Å². The van der Waals surface area contributed by atoms with Gasteiger partial charge in [0.2, 0.25) is 0 Å². The van der Waals surface area contributed by atoms with Crippen LogP contribution in [0.2, 0.25) is 0 Å². The third-order valence-electron chi connectivity index (χ3n) is 3.15. The molecule has 0 spiro atoms. The van der Waals surface area contributed by atoms with Crippen LogP contribution in [0.5, 0.6) is 5.75 Å². The van der Waals surface area contributed by atoms with Crippen molar-refractivity contribution >= 4 is 0 Å². The molecule has 1 N–H and O–H groups in total. The Morgan fingerprint density at radius 3 is 2.45 bits per heavy atom. The standard InChI is InChI=1S/C17H17NO2/c1-12-3-8-17(13(2)9-12)20-11-16(19)15-6-4-14(10-18)5-7-15/h3-9,16,19H,11H2,1-2H3. The summed E-state index contributed by atoms with van der Waals surface area (Å²) in [7, 11) is 0. The second kappa shape index (κ2) is 6.23. The lowest BCUT2D eigenvalue weighted by molar-refractivity contribution is 0.108. The molecule has 0 radical (unpaired) electrons. The summed E-state index contributed by atoms with van der Waals surface area (Å²) in [5.41, 5.74) is 3.56. The molecule has 2 aromatic rings. The van der Waals surface area contributed by atoms with Gasteiger partial charge in [0.1, 0.15) is 18.5 Å². The van der Waals surface area contributed by atoms with Crippen molar-refractivity contribution in [2.45, 2.75) is 20.0 Å². The molecular weight excluding hydrogens is 250 g/mol. The van der Waals surface area contributed by atoms with Gasteiger partial charge < -0.3 is 9.84 Å². The fourth-order valence-corrected chi connectivity index (χ4v) is 2.01. The van der Waals surface area contributed by atoms with Crippen molar-refractivity contribution in [3.05, 3.63) is 64.7 Å². The molecule has 0 saturated carbocycles. The molecule has 3 nitrogen and oxygen atoms in total. The predicted molar refractivity (Wildman–Crippen MR) is 77.5 cm³/mol. The molecule has 1 atom stereocenters. The molecule has 2 aromatic carbocycles. The van der Waals surface area contributed by atoms with Crippen molar-refractivity contribution in [2.75, 3.05) is 6.61 Å². The van der Waals surface area contributed by atoms with Gasteiger partial charge in [0.25, 0.3) is 0 Å². The number of hydrogen-bond donors (Lipinski definition) is 1. The molecule has 3 heteroatoms.